The van der Waals surface area contributed by atoms with Gasteiger partial charge in [-0.15, -0.1) is 11.3 Å². The lowest BCUT2D eigenvalue weighted by Gasteiger charge is -2.12. The van der Waals surface area contributed by atoms with Crippen molar-refractivity contribution in [1.29, 1.82) is 0 Å². The van der Waals surface area contributed by atoms with Crippen LogP contribution in [-0.2, 0) is 6.42 Å². The first-order valence-electron chi connectivity index (χ1n) is 6.19. The van der Waals surface area contributed by atoms with Crippen LogP contribution in [0.3, 0.4) is 0 Å². The third-order valence-corrected chi connectivity index (χ3v) is 3.56. The molecular formula is C13H23NOS. The van der Waals surface area contributed by atoms with E-state index >= 15 is 0 Å². The highest BCUT2D eigenvalue weighted by Crippen LogP contribution is 2.10. The maximum atomic E-state index is 8.64. The van der Waals surface area contributed by atoms with Crippen LogP contribution < -0.4 is 5.32 Å². The molecule has 1 atom stereocenters. The van der Waals surface area contributed by atoms with Crippen molar-refractivity contribution in [2.24, 2.45) is 0 Å². The van der Waals surface area contributed by atoms with Gasteiger partial charge in [0.05, 0.1) is 0 Å². The number of hydrogen-bond donors (Lipinski definition) is 2. The maximum absolute atomic E-state index is 8.64. The van der Waals surface area contributed by atoms with Crippen LogP contribution in [0.5, 0.6) is 0 Å². The van der Waals surface area contributed by atoms with Crippen molar-refractivity contribution in [2.75, 3.05) is 13.2 Å². The molecule has 16 heavy (non-hydrogen) atoms. The van der Waals surface area contributed by atoms with Crippen LogP contribution in [0.15, 0.2) is 17.5 Å². The molecule has 0 saturated heterocycles. The van der Waals surface area contributed by atoms with Gasteiger partial charge >= 0.3 is 0 Å². The zero-order chi connectivity index (χ0) is 11.6. The number of unbranched alkanes of at least 4 members (excludes halogenated alkanes) is 3. The van der Waals surface area contributed by atoms with Gasteiger partial charge in [0.1, 0.15) is 0 Å². The molecule has 1 rings (SSSR count). The molecule has 0 aliphatic carbocycles. The summed E-state index contributed by atoms with van der Waals surface area (Å²) in [4.78, 5) is 1.46. The molecule has 1 unspecified atom stereocenters. The number of rotatable bonds is 9. The Morgan fingerprint density at radius 2 is 2.12 bits per heavy atom. The summed E-state index contributed by atoms with van der Waals surface area (Å²) >= 11 is 1.83. The van der Waals surface area contributed by atoms with Gasteiger partial charge in [-0.1, -0.05) is 18.9 Å². The first-order chi connectivity index (χ1) is 7.83. The predicted molar refractivity (Wildman–Crippen MR) is 71.0 cm³/mol. The normalized spacial score (nSPS) is 12.9. The molecule has 1 heterocycles. The summed E-state index contributed by atoms with van der Waals surface area (Å²) in [6, 6.07) is 4.88. The molecular weight excluding hydrogens is 218 g/mol. The van der Waals surface area contributed by atoms with Crippen molar-refractivity contribution in [3.63, 3.8) is 0 Å². The molecule has 0 fully saturated rings. The van der Waals surface area contributed by atoms with Crippen LogP contribution >= 0.6 is 11.3 Å². The molecule has 2 nitrogen and oxygen atoms in total. The van der Waals surface area contributed by atoms with Crippen LogP contribution in [0.25, 0.3) is 0 Å². The Morgan fingerprint density at radius 3 is 2.81 bits per heavy atom. The number of thiophene rings is 1. The Balaban J connectivity index is 1.96. The summed E-state index contributed by atoms with van der Waals surface area (Å²) < 4.78 is 0. The second kappa shape index (κ2) is 8.74. The van der Waals surface area contributed by atoms with Crippen LogP contribution in [-0.4, -0.2) is 24.3 Å². The minimum Gasteiger partial charge on any atom is -0.396 e. The molecule has 92 valence electrons. The predicted octanol–water partition coefficient (Wildman–Crippen LogP) is 2.82. The molecule has 1 aromatic rings. The molecule has 0 amide bonds. The topological polar surface area (TPSA) is 32.3 Å². The highest BCUT2D eigenvalue weighted by molar-refractivity contribution is 7.09. The monoisotopic (exact) mass is 241 g/mol. The van der Waals surface area contributed by atoms with E-state index in [2.05, 4.69) is 29.8 Å². The van der Waals surface area contributed by atoms with Crippen molar-refractivity contribution in [3.8, 4) is 0 Å². The van der Waals surface area contributed by atoms with Crippen molar-refractivity contribution in [3.05, 3.63) is 22.4 Å². The van der Waals surface area contributed by atoms with E-state index in [0.29, 0.717) is 12.6 Å². The highest BCUT2D eigenvalue weighted by Gasteiger charge is 2.02. The number of aliphatic hydroxyl groups excluding tert-OH is 1. The average molecular weight is 241 g/mol. The fraction of sp³-hybridized carbons (Fsp3) is 0.692. The van der Waals surface area contributed by atoms with Gasteiger partial charge in [0.25, 0.3) is 0 Å². The summed E-state index contributed by atoms with van der Waals surface area (Å²) in [6.45, 7) is 3.67. The van der Waals surface area contributed by atoms with Crippen LogP contribution in [0.4, 0.5) is 0 Å². The fourth-order valence-electron chi connectivity index (χ4n) is 1.74. The second-order valence-electron chi connectivity index (χ2n) is 4.28. The van der Waals surface area contributed by atoms with E-state index < -0.39 is 0 Å². The SMILES string of the molecule is CC(Cc1cccs1)NCCCCCCO. The van der Waals surface area contributed by atoms with Crippen molar-refractivity contribution >= 4 is 11.3 Å². The number of hydrogen-bond acceptors (Lipinski definition) is 3. The lowest BCUT2D eigenvalue weighted by molar-refractivity contribution is 0.282. The molecule has 0 aliphatic rings. The van der Waals surface area contributed by atoms with E-state index in [9.17, 15) is 0 Å². The summed E-state index contributed by atoms with van der Waals surface area (Å²) in [6.07, 6.45) is 5.67. The van der Waals surface area contributed by atoms with Gasteiger partial charge in [0.2, 0.25) is 0 Å². The standard InChI is InChI=1S/C13H23NOS/c1-12(11-13-7-6-10-16-13)14-8-4-2-3-5-9-15/h6-7,10,12,14-15H,2-5,8-9,11H2,1H3. The summed E-state index contributed by atoms with van der Waals surface area (Å²) in [5, 5.41) is 14.3. The van der Waals surface area contributed by atoms with Gasteiger partial charge in [-0.25, -0.2) is 0 Å². The Kier molecular flexibility index (Phi) is 7.47. The van der Waals surface area contributed by atoms with E-state index in [1.807, 2.05) is 11.3 Å². The lowest BCUT2D eigenvalue weighted by Crippen LogP contribution is -2.28. The second-order valence-corrected chi connectivity index (χ2v) is 5.31. The van der Waals surface area contributed by atoms with Crippen molar-refractivity contribution in [2.45, 2.75) is 45.1 Å². The molecule has 0 radical (unpaired) electrons. The van der Waals surface area contributed by atoms with Gasteiger partial charge in [0.15, 0.2) is 0 Å². The number of nitrogens with one attached hydrogen (secondary N) is 1. The quantitative estimate of drug-likeness (QED) is 0.652. The first-order valence-corrected chi connectivity index (χ1v) is 7.07. The number of aliphatic hydroxyl groups is 1. The van der Waals surface area contributed by atoms with Gasteiger partial charge in [-0.05, 0) is 44.2 Å². The van der Waals surface area contributed by atoms with Gasteiger partial charge in [-0.2, -0.15) is 0 Å². The Labute approximate surface area is 103 Å². The van der Waals surface area contributed by atoms with Crippen molar-refractivity contribution < 1.29 is 5.11 Å². The zero-order valence-electron chi connectivity index (χ0n) is 10.1. The van der Waals surface area contributed by atoms with Gasteiger partial charge in [-0.3, -0.25) is 0 Å². The van der Waals surface area contributed by atoms with E-state index in [0.717, 1.165) is 25.8 Å². The van der Waals surface area contributed by atoms with Gasteiger partial charge < -0.3 is 10.4 Å². The summed E-state index contributed by atoms with van der Waals surface area (Å²) in [7, 11) is 0. The Hall–Kier alpha value is -0.380. The molecule has 0 saturated carbocycles. The smallest absolute Gasteiger partial charge is 0.0431 e. The van der Waals surface area contributed by atoms with Crippen molar-refractivity contribution in [1.82, 2.24) is 5.32 Å². The summed E-state index contributed by atoms with van der Waals surface area (Å²) in [5.41, 5.74) is 0. The lowest BCUT2D eigenvalue weighted by atomic mass is 10.1. The molecule has 0 bridgehead atoms. The molecule has 2 N–H and O–H groups in total. The third-order valence-electron chi connectivity index (χ3n) is 2.67. The van der Waals surface area contributed by atoms with Crippen LogP contribution in [0.1, 0.15) is 37.5 Å². The molecule has 0 spiro atoms. The van der Waals surface area contributed by atoms with Crippen LogP contribution in [0.2, 0.25) is 0 Å². The molecule has 0 aliphatic heterocycles. The van der Waals surface area contributed by atoms with E-state index in [4.69, 9.17) is 5.11 Å². The largest absolute Gasteiger partial charge is 0.396 e. The van der Waals surface area contributed by atoms with Crippen LogP contribution in [0, 0.1) is 0 Å². The van der Waals surface area contributed by atoms with Gasteiger partial charge in [0, 0.05) is 17.5 Å². The fourth-order valence-corrected chi connectivity index (χ4v) is 2.58. The minimum atomic E-state index is 0.336. The first kappa shape index (κ1) is 13.7. The van der Waals surface area contributed by atoms with E-state index in [1.54, 1.807) is 0 Å². The zero-order valence-corrected chi connectivity index (χ0v) is 10.9. The van der Waals surface area contributed by atoms with E-state index in [-0.39, 0.29) is 0 Å². The average Bonchev–Trinajstić information content (AvgIpc) is 2.76. The molecule has 0 aromatic carbocycles. The molecule has 1 aromatic heterocycles. The highest BCUT2D eigenvalue weighted by atomic mass is 32.1. The maximum Gasteiger partial charge on any atom is 0.0431 e. The summed E-state index contributed by atoms with van der Waals surface area (Å²) in [5.74, 6) is 0. The minimum absolute atomic E-state index is 0.336. The van der Waals surface area contributed by atoms with E-state index in [1.165, 1.54) is 17.7 Å². The Bertz CT molecular complexity index is 248. The molecule has 3 heteroatoms. The Morgan fingerprint density at radius 1 is 1.31 bits per heavy atom. The third kappa shape index (κ3) is 6.26.